The molecule has 0 aliphatic heterocycles. The van der Waals surface area contributed by atoms with Gasteiger partial charge in [0.2, 0.25) is 5.58 Å². The van der Waals surface area contributed by atoms with E-state index >= 15 is 0 Å². The van der Waals surface area contributed by atoms with E-state index in [0.29, 0.717) is 27.8 Å². The number of nitrogens with zero attached hydrogens (tertiary/aromatic N) is 3. The summed E-state index contributed by atoms with van der Waals surface area (Å²) in [5.74, 6) is 0.600. The number of hydrogen-bond donors (Lipinski definition) is 0. The molecule has 0 N–H and O–H groups in total. The number of hydrogen-bond acceptors (Lipinski definition) is 4. The normalized spacial score (nSPS) is 10.9. The third kappa shape index (κ3) is 1.66. The van der Waals surface area contributed by atoms with E-state index < -0.39 is 0 Å². The van der Waals surface area contributed by atoms with Crippen molar-refractivity contribution in [3.8, 4) is 11.3 Å². The summed E-state index contributed by atoms with van der Waals surface area (Å²) < 4.78 is 5.18. The molecule has 0 aliphatic carbocycles. The predicted molar refractivity (Wildman–Crippen MR) is 64.8 cm³/mol. The average molecular weight is 246 g/mol. The van der Waals surface area contributed by atoms with E-state index in [1.54, 1.807) is 6.92 Å². The van der Waals surface area contributed by atoms with Gasteiger partial charge in [-0.2, -0.15) is 0 Å². The van der Waals surface area contributed by atoms with E-state index in [4.69, 9.17) is 16.1 Å². The van der Waals surface area contributed by atoms with E-state index in [-0.39, 0.29) is 0 Å². The average Bonchev–Trinajstić information content (AvgIpc) is 2.74. The quantitative estimate of drug-likeness (QED) is 0.618. The molecule has 5 heteroatoms. The third-order valence-electron chi connectivity index (χ3n) is 2.44. The summed E-state index contributed by atoms with van der Waals surface area (Å²) in [6, 6.07) is 9.71. The molecule has 0 atom stereocenters. The van der Waals surface area contributed by atoms with Crippen molar-refractivity contribution in [2.45, 2.75) is 6.92 Å². The molecule has 0 radical (unpaired) electrons. The second-order valence-corrected chi connectivity index (χ2v) is 3.99. The van der Waals surface area contributed by atoms with Crippen LogP contribution in [0, 0.1) is 6.92 Å². The van der Waals surface area contributed by atoms with Crippen molar-refractivity contribution in [2.75, 3.05) is 0 Å². The second kappa shape index (κ2) is 3.82. The maximum absolute atomic E-state index is 5.98. The van der Waals surface area contributed by atoms with Crippen LogP contribution in [-0.4, -0.2) is 15.1 Å². The first kappa shape index (κ1) is 10.2. The number of benzene rings is 1. The number of aryl methyl sites for hydroxylation is 1. The minimum Gasteiger partial charge on any atom is -0.351 e. The Morgan fingerprint density at radius 3 is 2.65 bits per heavy atom. The summed E-state index contributed by atoms with van der Waals surface area (Å²) in [6.07, 6.45) is 0. The molecule has 3 rings (SSSR count). The smallest absolute Gasteiger partial charge is 0.223 e. The lowest BCUT2D eigenvalue weighted by molar-refractivity contribution is 0.458. The topological polar surface area (TPSA) is 51.8 Å². The highest BCUT2D eigenvalue weighted by atomic mass is 35.5. The van der Waals surface area contributed by atoms with Gasteiger partial charge in [0.15, 0.2) is 5.15 Å². The summed E-state index contributed by atoms with van der Waals surface area (Å²) in [4.78, 5) is 8.35. The van der Waals surface area contributed by atoms with Crippen LogP contribution in [0.3, 0.4) is 0 Å². The Kier molecular flexibility index (Phi) is 2.30. The maximum Gasteiger partial charge on any atom is 0.223 e. The molecule has 1 aromatic carbocycles. The van der Waals surface area contributed by atoms with E-state index in [1.807, 2.05) is 30.3 Å². The van der Waals surface area contributed by atoms with Crippen LogP contribution < -0.4 is 0 Å². The highest BCUT2D eigenvalue weighted by Gasteiger charge is 2.15. The molecule has 0 spiro atoms. The summed E-state index contributed by atoms with van der Waals surface area (Å²) in [5, 5.41) is 4.30. The first-order valence-corrected chi connectivity index (χ1v) is 5.48. The van der Waals surface area contributed by atoms with Crippen LogP contribution in [0.15, 0.2) is 34.9 Å². The lowest BCUT2D eigenvalue weighted by Crippen LogP contribution is -1.89. The molecule has 0 saturated carbocycles. The van der Waals surface area contributed by atoms with Crippen molar-refractivity contribution in [3.05, 3.63) is 41.3 Å². The van der Waals surface area contributed by atoms with Crippen molar-refractivity contribution >= 4 is 22.7 Å². The Morgan fingerprint density at radius 2 is 1.88 bits per heavy atom. The van der Waals surface area contributed by atoms with Gasteiger partial charge in [-0.3, -0.25) is 0 Å². The summed E-state index contributed by atoms with van der Waals surface area (Å²) >= 11 is 5.98. The van der Waals surface area contributed by atoms with E-state index in [2.05, 4.69) is 15.1 Å². The molecule has 0 aliphatic rings. The van der Waals surface area contributed by atoms with Crippen LogP contribution in [0.1, 0.15) is 5.82 Å². The monoisotopic (exact) mass is 245 g/mol. The van der Waals surface area contributed by atoms with Gasteiger partial charge in [0.05, 0.1) is 0 Å². The third-order valence-corrected chi connectivity index (χ3v) is 2.69. The molecule has 3 aromatic rings. The lowest BCUT2D eigenvalue weighted by atomic mass is 10.1. The molecule has 84 valence electrons. The highest BCUT2D eigenvalue weighted by Crippen LogP contribution is 2.29. The molecule has 0 fully saturated rings. The molecule has 0 amide bonds. The summed E-state index contributed by atoms with van der Waals surface area (Å²) in [5.41, 5.74) is 2.71. The maximum atomic E-state index is 5.98. The zero-order valence-corrected chi connectivity index (χ0v) is 9.77. The Hall–Kier alpha value is -1.94. The van der Waals surface area contributed by atoms with Crippen LogP contribution in [0.5, 0.6) is 0 Å². The zero-order valence-electron chi connectivity index (χ0n) is 9.01. The molecule has 0 saturated heterocycles. The van der Waals surface area contributed by atoms with Gasteiger partial charge in [0, 0.05) is 5.56 Å². The first-order valence-electron chi connectivity index (χ1n) is 5.10. The van der Waals surface area contributed by atoms with Crippen LogP contribution >= 0.6 is 11.6 Å². The fourth-order valence-electron chi connectivity index (χ4n) is 1.69. The Balaban J connectivity index is 2.32. The molecule has 2 heterocycles. The molecule has 0 unspecified atom stereocenters. The van der Waals surface area contributed by atoms with Gasteiger partial charge in [0.1, 0.15) is 17.0 Å². The number of aromatic nitrogens is 3. The SMILES string of the molecule is Cc1nc(Cl)c2onc(-c3ccccc3)c2n1. The van der Waals surface area contributed by atoms with Gasteiger partial charge in [-0.25, -0.2) is 9.97 Å². The van der Waals surface area contributed by atoms with Gasteiger partial charge in [-0.05, 0) is 6.92 Å². The molecule has 4 nitrogen and oxygen atoms in total. The standard InChI is InChI=1S/C12H8ClN3O/c1-7-14-10-9(8-5-3-2-4-6-8)16-17-11(10)12(13)15-7/h2-6H,1H3. The molecule has 2 aromatic heterocycles. The summed E-state index contributed by atoms with van der Waals surface area (Å²) in [6.45, 7) is 1.78. The molecule has 0 bridgehead atoms. The Morgan fingerprint density at radius 1 is 1.12 bits per heavy atom. The Bertz CT molecular complexity index is 679. The minimum atomic E-state index is 0.294. The molecule has 17 heavy (non-hydrogen) atoms. The second-order valence-electron chi connectivity index (χ2n) is 3.64. The van der Waals surface area contributed by atoms with Gasteiger partial charge in [-0.15, -0.1) is 0 Å². The molecular weight excluding hydrogens is 238 g/mol. The van der Waals surface area contributed by atoms with Crippen LogP contribution in [0.4, 0.5) is 0 Å². The van der Waals surface area contributed by atoms with Crippen molar-refractivity contribution < 1.29 is 4.52 Å². The fourth-order valence-corrected chi connectivity index (χ4v) is 1.94. The Labute approximate surface area is 102 Å². The van der Waals surface area contributed by atoms with Gasteiger partial charge >= 0.3 is 0 Å². The number of fused-ring (bicyclic) bond motifs is 1. The zero-order chi connectivity index (χ0) is 11.8. The van der Waals surface area contributed by atoms with Crippen molar-refractivity contribution in [2.24, 2.45) is 0 Å². The predicted octanol–water partition coefficient (Wildman–Crippen LogP) is 3.25. The van der Waals surface area contributed by atoms with Gasteiger partial charge in [0.25, 0.3) is 0 Å². The number of rotatable bonds is 1. The summed E-state index contributed by atoms with van der Waals surface area (Å²) in [7, 11) is 0. The van der Waals surface area contributed by atoms with Gasteiger partial charge < -0.3 is 4.52 Å². The van der Waals surface area contributed by atoms with Crippen molar-refractivity contribution in [1.29, 1.82) is 0 Å². The van der Waals surface area contributed by atoms with Crippen LogP contribution in [-0.2, 0) is 0 Å². The first-order chi connectivity index (χ1) is 8.25. The fraction of sp³-hybridized carbons (Fsp3) is 0.0833. The van der Waals surface area contributed by atoms with Crippen LogP contribution in [0.25, 0.3) is 22.4 Å². The number of halogens is 1. The van der Waals surface area contributed by atoms with Gasteiger partial charge in [-0.1, -0.05) is 47.1 Å². The van der Waals surface area contributed by atoms with Crippen LogP contribution in [0.2, 0.25) is 5.15 Å². The highest BCUT2D eigenvalue weighted by molar-refractivity contribution is 6.33. The van der Waals surface area contributed by atoms with E-state index in [1.165, 1.54) is 0 Å². The minimum absolute atomic E-state index is 0.294. The molecular formula is C12H8ClN3O. The van der Waals surface area contributed by atoms with Crippen molar-refractivity contribution in [3.63, 3.8) is 0 Å². The van der Waals surface area contributed by atoms with Crippen molar-refractivity contribution in [1.82, 2.24) is 15.1 Å². The lowest BCUT2D eigenvalue weighted by Gasteiger charge is -1.96. The van der Waals surface area contributed by atoms with E-state index in [0.717, 1.165) is 5.56 Å². The van der Waals surface area contributed by atoms with E-state index in [9.17, 15) is 0 Å². The largest absolute Gasteiger partial charge is 0.351 e.